The molecule has 0 aliphatic carbocycles. The Bertz CT molecular complexity index is 484. The van der Waals surface area contributed by atoms with Crippen molar-refractivity contribution in [2.45, 2.75) is 20.8 Å². The average molecular weight is 265 g/mol. The molecule has 1 unspecified atom stereocenters. The Kier molecular flexibility index (Phi) is 4.92. The van der Waals surface area contributed by atoms with Crippen molar-refractivity contribution in [3.8, 4) is 5.75 Å². The molecule has 0 bridgehead atoms. The highest BCUT2D eigenvalue weighted by molar-refractivity contribution is 5.96. The van der Waals surface area contributed by atoms with Gasteiger partial charge >= 0.3 is 5.97 Å². The maximum absolute atomic E-state index is 12.3. The Labute approximate surface area is 112 Å². The molecule has 5 heteroatoms. The van der Waals surface area contributed by atoms with Gasteiger partial charge in [0, 0.05) is 18.7 Å². The summed E-state index contributed by atoms with van der Waals surface area (Å²) in [6, 6.07) is 4.53. The van der Waals surface area contributed by atoms with E-state index >= 15 is 0 Å². The van der Waals surface area contributed by atoms with Gasteiger partial charge in [0.2, 0.25) is 0 Å². The van der Waals surface area contributed by atoms with Gasteiger partial charge in [-0.3, -0.25) is 9.59 Å². The minimum Gasteiger partial charge on any atom is -0.508 e. The van der Waals surface area contributed by atoms with Gasteiger partial charge in [-0.15, -0.1) is 0 Å². The van der Waals surface area contributed by atoms with Crippen molar-refractivity contribution >= 4 is 11.9 Å². The highest BCUT2D eigenvalue weighted by Crippen LogP contribution is 2.18. The van der Waals surface area contributed by atoms with Gasteiger partial charge < -0.3 is 15.1 Å². The minimum atomic E-state index is -0.923. The Morgan fingerprint density at radius 2 is 2.00 bits per heavy atom. The summed E-state index contributed by atoms with van der Waals surface area (Å²) in [5, 5.41) is 18.2. The fourth-order valence-corrected chi connectivity index (χ4v) is 1.82. The molecule has 1 amide bonds. The second-order valence-electron chi connectivity index (χ2n) is 4.58. The van der Waals surface area contributed by atoms with Gasteiger partial charge in [-0.2, -0.15) is 0 Å². The van der Waals surface area contributed by atoms with Crippen LogP contribution in [0.4, 0.5) is 0 Å². The number of phenols is 1. The summed E-state index contributed by atoms with van der Waals surface area (Å²) in [4.78, 5) is 24.7. The van der Waals surface area contributed by atoms with Crippen molar-refractivity contribution < 1.29 is 19.8 Å². The Balaban J connectivity index is 2.92. The predicted octanol–water partition coefficient (Wildman–Crippen LogP) is 1.88. The van der Waals surface area contributed by atoms with Gasteiger partial charge in [-0.25, -0.2) is 0 Å². The van der Waals surface area contributed by atoms with Crippen molar-refractivity contribution in [2.75, 3.05) is 13.1 Å². The normalized spacial score (nSPS) is 11.9. The van der Waals surface area contributed by atoms with Gasteiger partial charge in [0.15, 0.2) is 0 Å². The lowest BCUT2D eigenvalue weighted by molar-refractivity contribution is -0.141. The second-order valence-corrected chi connectivity index (χ2v) is 4.58. The van der Waals surface area contributed by atoms with Crippen LogP contribution in [-0.2, 0) is 4.79 Å². The summed E-state index contributed by atoms with van der Waals surface area (Å²) in [7, 11) is 0. The third kappa shape index (κ3) is 3.71. The largest absolute Gasteiger partial charge is 0.508 e. The lowest BCUT2D eigenvalue weighted by Gasteiger charge is -2.23. The van der Waals surface area contributed by atoms with Gasteiger partial charge in [0.05, 0.1) is 5.92 Å². The van der Waals surface area contributed by atoms with E-state index in [2.05, 4.69) is 0 Å². The number of aliphatic carboxylic acids is 1. The number of aromatic hydroxyl groups is 1. The maximum atomic E-state index is 12.3. The first-order valence-corrected chi connectivity index (χ1v) is 6.18. The lowest BCUT2D eigenvalue weighted by atomic mass is 10.1. The number of aryl methyl sites for hydroxylation is 1. The van der Waals surface area contributed by atoms with E-state index in [1.54, 1.807) is 19.9 Å². The Hall–Kier alpha value is -2.04. The topological polar surface area (TPSA) is 77.8 Å². The number of carboxylic acid groups (broad SMARTS) is 1. The van der Waals surface area contributed by atoms with Gasteiger partial charge in [-0.05, 0) is 37.6 Å². The first kappa shape index (κ1) is 15.0. The van der Waals surface area contributed by atoms with Crippen LogP contribution in [0.3, 0.4) is 0 Å². The SMILES string of the molecule is CCN(CC(C)C(=O)O)C(=O)c1ccc(O)cc1C. The smallest absolute Gasteiger partial charge is 0.308 e. The first-order chi connectivity index (χ1) is 8.86. The molecule has 1 aromatic rings. The summed E-state index contributed by atoms with van der Waals surface area (Å²) in [5.74, 6) is -1.64. The third-order valence-corrected chi connectivity index (χ3v) is 3.03. The zero-order valence-corrected chi connectivity index (χ0v) is 11.4. The first-order valence-electron chi connectivity index (χ1n) is 6.18. The molecule has 1 rings (SSSR count). The fourth-order valence-electron chi connectivity index (χ4n) is 1.82. The lowest BCUT2D eigenvalue weighted by Crippen LogP contribution is -2.37. The van der Waals surface area contributed by atoms with E-state index in [4.69, 9.17) is 5.11 Å². The molecule has 0 fully saturated rings. The number of nitrogens with zero attached hydrogens (tertiary/aromatic N) is 1. The van der Waals surface area contributed by atoms with E-state index in [9.17, 15) is 14.7 Å². The molecule has 1 aromatic carbocycles. The predicted molar refractivity (Wildman–Crippen MR) is 71.2 cm³/mol. The van der Waals surface area contributed by atoms with Gasteiger partial charge in [-0.1, -0.05) is 6.92 Å². The van der Waals surface area contributed by atoms with Crippen LogP contribution < -0.4 is 0 Å². The number of hydrogen-bond donors (Lipinski definition) is 2. The molecule has 0 saturated heterocycles. The summed E-state index contributed by atoms with van der Waals surface area (Å²) in [5.41, 5.74) is 1.16. The monoisotopic (exact) mass is 265 g/mol. The Morgan fingerprint density at radius 1 is 1.37 bits per heavy atom. The number of benzene rings is 1. The third-order valence-electron chi connectivity index (χ3n) is 3.03. The number of carboxylic acids is 1. The summed E-state index contributed by atoms with van der Waals surface area (Å²) < 4.78 is 0. The van der Waals surface area contributed by atoms with Crippen molar-refractivity contribution in [1.82, 2.24) is 4.90 Å². The van der Waals surface area contributed by atoms with Crippen molar-refractivity contribution in [1.29, 1.82) is 0 Å². The van der Waals surface area contributed by atoms with E-state index in [0.29, 0.717) is 17.7 Å². The van der Waals surface area contributed by atoms with Gasteiger partial charge in [0.25, 0.3) is 5.91 Å². The molecule has 1 atom stereocenters. The minimum absolute atomic E-state index is 0.107. The van der Waals surface area contributed by atoms with Crippen LogP contribution in [0.1, 0.15) is 29.8 Å². The van der Waals surface area contributed by atoms with E-state index in [1.807, 2.05) is 6.92 Å². The molecule has 5 nitrogen and oxygen atoms in total. The molecule has 0 saturated carbocycles. The van der Waals surface area contributed by atoms with Crippen LogP contribution in [0.5, 0.6) is 5.75 Å². The molecule has 2 N–H and O–H groups in total. The van der Waals surface area contributed by atoms with Crippen molar-refractivity contribution in [3.05, 3.63) is 29.3 Å². The Morgan fingerprint density at radius 3 is 2.47 bits per heavy atom. The van der Waals surface area contributed by atoms with E-state index in [-0.39, 0.29) is 18.2 Å². The molecule has 0 aliphatic rings. The van der Waals surface area contributed by atoms with E-state index < -0.39 is 11.9 Å². The molecule has 0 radical (unpaired) electrons. The summed E-state index contributed by atoms with van der Waals surface area (Å²) >= 11 is 0. The number of amides is 1. The summed E-state index contributed by atoms with van der Waals surface area (Å²) in [6.07, 6.45) is 0. The highest BCUT2D eigenvalue weighted by Gasteiger charge is 2.21. The van der Waals surface area contributed by atoms with Crippen LogP contribution >= 0.6 is 0 Å². The number of phenolic OH excluding ortho intramolecular Hbond substituents is 1. The second kappa shape index (κ2) is 6.22. The van der Waals surface area contributed by atoms with Crippen molar-refractivity contribution in [3.63, 3.8) is 0 Å². The quantitative estimate of drug-likeness (QED) is 0.852. The highest BCUT2D eigenvalue weighted by atomic mass is 16.4. The number of hydrogen-bond acceptors (Lipinski definition) is 3. The standard InChI is InChI=1S/C14H19NO4/c1-4-15(8-10(3)14(18)19)13(17)12-6-5-11(16)7-9(12)2/h5-7,10,16H,4,8H2,1-3H3,(H,18,19). The van der Waals surface area contributed by atoms with Crippen LogP contribution in [0.15, 0.2) is 18.2 Å². The molecule has 104 valence electrons. The molecule has 0 aliphatic heterocycles. The molecule has 19 heavy (non-hydrogen) atoms. The average Bonchev–Trinajstić information content (AvgIpc) is 2.34. The summed E-state index contributed by atoms with van der Waals surface area (Å²) in [6.45, 7) is 5.73. The fraction of sp³-hybridized carbons (Fsp3) is 0.429. The number of rotatable bonds is 5. The molecule has 0 spiro atoms. The van der Waals surface area contributed by atoms with Crippen LogP contribution in [0.25, 0.3) is 0 Å². The number of carbonyl (C=O) groups excluding carboxylic acids is 1. The molecule has 0 heterocycles. The molecular weight excluding hydrogens is 246 g/mol. The maximum Gasteiger partial charge on any atom is 0.308 e. The number of carbonyl (C=O) groups is 2. The zero-order valence-electron chi connectivity index (χ0n) is 11.4. The molecule has 0 aromatic heterocycles. The van der Waals surface area contributed by atoms with Crippen LogP contribution in [0, 0.1) is 12.8 Å². The van der Waals surface area contributed by atoms with Crippen LogP contribution in [0.2, 0.25) is 0 Å². The van der Waals surface area contributed by atoms with E-state index in [0.717, 1.165) is 0 Å². The van der Waals surface area contributed by atoms with Crippen molar-refractivity contribution in [2.24, 2.45) is 5.92 Å². The van der Waals surface area contributed by atoms with E-state index in [1.165, 1.54) is 17.0 Å². The van der Waals surface area contributed by atoms with Crippen LogP contribution in [-0.4, -0.2) is 40.1 Å². The molecular formula is C14H19NO4. The van der Waals surface area contributed by atoms with Gasteiger partial charge in [0.1, 0.15) is 5.75 Å². The zero-order chi connectivity index (χ0) is 14.6.